The third kappa shape index (κ3) is 3.84. The molecule has 1 aromatic heterocycles. The molecule has 2 aromatic rings. The molecule has 1 fully saturated rings. The van der Waals surface area contributed by atoms with Crippen LogP contribution in [0.25, 0.3) is 0 Å². The second-order valence-corrected chi connectivity index (χ2v) is 8.39. The van der Waals surface area contributed by atoms with Gasteiger partial charge < -0.3 is 9.64 Å². The normalized spacial score (nSPS) is 15.7. The number of carbonyl (C=O) groups excluding carboxylic acids is 1. The largest absolute Gasteiger partial charge is 0.462 e. The van der Waals surface area contributed by atoms with Crippen LogP contribution in [0.4, 0.5) is 5.69 Å². The summed E-state index contributed by atoms with van der Waals surface area (Å²) in [6, 6.07) is 6.25. The van der Waals surface area contributed by atoms with Crippen LogP contribution in [-0.4, -0.2) is 61.7 Å². The number of anilines is 1. The number of benzene rings is 1. The van der Waals surface area contributed by atoms with E-state index in [1.165, 1.54) is 21.6 Å². The maximum Gasteiger partial charge on any atom is 0.342 e. The van der Waals surface area contributed by atoms with Crippen LogP contribution in [-0.2, 0) is 14.8 Å². The van der Waals surface area contributed by atoms with Gasteiger partial charge in [-0.1, -0.05) is 17.7 Å². The second kappa shape index (κ2) is 7.69. The van der Waals surface area contributed by atoms with Crippen molar-refractivity contribution in [2.24, 2.45) is 0 Å². The first-order valence-corrected chi connectivity index (χ1v) is 10.3. The van der Waals surface area contributed by atoms with Gasteiger partial charge in [0.1, 0.15) is 5.56 Å². The lowest BCUT2D eigenvalue weighted by Crippen LogP contribution is -2.49. The van der Waals surface area contributed by atoms with Crippen LogP contribution in [0.1, 0.15) is 28.4 Å². The van der Waals surface area contributed by atoms with Crippen molar-refractivity contribution in [2.45, 2.75) is 25.8 Å². The fraction of sp³-hybridized carbons (Fsp3) is 0.444. The summed E-state index contributed by atoms with van der Waals surface area (Å²) in [5, 5.41) is 5.97. The summed E-state index contributed by atoms with van der Waals surface area (Å²) >= 11 is 0. The minimum absolute atomic E-state index is 0.0614. The van der Waals surface area contributed by atoms with E-state index >= 15 is 0 Å². The fourth-order valence-electron chi connectivity index (χ4n) is 3.28. The van der Waals surface area contributed by atoms with E-state index in [0.717, 1.165) is 5.69 Å². The SMILES string of the molecule is CCOC(=O)c1cn[nH]c1S(=O)(=O)N1CCN(c2ccc(C)cc2C)CC1. The number of sulfonamides is 1. The number of nitrogens with one attached hydrogen (secondary N) is 1. The van der Waals surface area contributed by atoms with E-state index in [9.17, 15) is 13.2 Å². The third-order valence-corrected chi connectivity index (χ3v) is 6.50. The topological polar surface area (TPSA) is 95.6 Å². The van der Waals surface area contributed by atoms with Crippen molar-refractivity contribution in [2.75, 3.05) is 37.7 Å². The number of hydrogen-bond donors (Lipinski definition) is 1. The lowest BCUT2D eigenvalue weighted by molar-refractivity contribution is 0.0521. The molecule has 9 heteroatoms. The van der Waals surface area contributed by atoms with Crippen LogP contribution in [0, 0.1) is 13.8 Å². The molecule has 1 aliphatic heterocycles. The van der Waals surface area contributed by atoms with Gasteiger partial charge in [-0.25, -0.2) is 13.2 Å². The van der Waals surface area contributed by atoms with E-state index in [1.54, 1.807) is 6.92 Å². The van der Waals surface area contributed by atoms with Crippen LogP contribution >= 0.6 is 0 Å². The highest BCUT2D eigenvalue weighted by molar-refractivity contribution is 7.89. The Morgan fingerprint density at radius 2 is 1.93 bits per heavy atom. The summed E-state index contributed by atoms with van der Waals surface area (Å²) in [6.45, 7) is 7.75. The lowest BCUT2D eigenvalue weighted by atomic mass is 10.1. The van der Waals surface area contributed by atoms with Gasteiger partial charge in [0.15, 0.2) is 5.03 Å². The molecule has 0 spiro atoms. The molecule has 1 saturated heterocycles. The molecule has 3 rings (SSSR count). The molecule has 0 bridgehead atoms. The quantitative estimate of drug-likeness (QED) is 0.779. The highest BCUT2D eigenvalue weighted by Gasteiger charge is 2.34. The van der Waals surface area contributed by atoms with Crippen molar-refractivity contribution >= 4 is 21.7 Å². The number of ether oxygens (including phenoxy) is 1. The highest BCUT2D eigenvalue weighted by Crippen LogP contribution is 2.25. The molecular weight excluding hydrogens is 368 g/mol. The van der Waals surface area contributed by atoms with Gasteiger partial charge in [0, 0.05) is 31.9 Å². The number of esters is 1. The molecule has 0 amide bonds. The molecule has 1 N–H and O–H groups in total. The van der Waals surface area contributed by atoms with Crippen LogP contribution in [0.5, 0.6) is 0 Å². The summed E-state index contributed by atoms with van der Waals surface area (Å²) in [5.74, 6) is -0.696. The van der Waals surface area contributed by atoms with Crippen molar-refractivity contribution in [1.29, 1.82) is 0 Å². The summed E-state index contributed by atoms with van der Waals surface area (Å²) in [6.07, 6.45) is 1.19. The number of hydrogen-bond acceptors (Lipinski definition) is 6. The Labute approximate surface area is 159 Å². The van der Waals surface area contributed by atoms with E-state index < -0.39 is 16.0 Å². The number of H-pyrrole nitrogens is 1. The molecule has 27 heavy (non-hydrogen) atoms. The Hall–Kier alpha value is -2.39. The van der Waals surface area contributed by atoms with E-state index in [-0.39, 0.29) is 17.2 Å². The van der Waals surface area contributed by atoms with Crippen molar-refractivity contribution in [3.05, 3.63) is 41.1 Å². The molecule has 0 saturated carbocycles. The third-order valence-electron chi connectivity index (χ3n) is 4.63. The molecule has 146 valence electrons. The zero-order valence-corrected chi connectivity index (χ0v) is 16.5. The van der Waals surface area contributed by atoms with E-state index in [1.807, 2.05) is 6.92 Å². The maximum atomic E-state index is 13.0. The Kier molecular flexibility index (Phi) is 5.52. The smallest absolute Gasteiger partial charge is 0.342 e. The average molecular weight is 392 g/mol. The summed E-state index contributed by atoms with van der Waals surface area (Å²) in [7, 11) is -3.85. The zero-order valence-electron chi connectivity index (χ0n) is 15.7. The van der Waals surface area contributed by atoms with Crippen LogP contribution in [0.15, 0.2) is 29.4 Å². The van der Waals surface area contributed by atoms with Crippen molar-refractivity contribution in [3.8, 4) is 0 Å². The summed E-state index contributed by atoms with van der Waals surface area (Å²) < 4.78 is 32.2. The fourth-order valence-corrected chi connectivity index (χ4v) is 4.77. The Morgan fingerprint density at radius 3 is 2.56 bits per heavy atom. The van der Waals surface area contributed by atoms with Gasteiger partial charge in [-0.15, -0.1) is 0 Å². The molecule has 0 unspecified atom stereocenters. The molecule has 0 radical (unpaired) electrons. The highest BCUT2D eigenvalue weighted by atomic mass is 32.2. The second-order valence-electron chi connectivity index (χ2n) is 6.51. The minimum Gasteiger partial charge on any atom is -0.462 e. The first-order valence-electron chi connectivity index (χ1n) is 8.87. The van der Waals surface area contributed by atoms with Crippen LogP contribution in [0.3, 0.4) is 0 Å². The maximum absolute atomic E-state index is 13.0. The van der Waals surface area contributed by atoms with Crippen LogP contribution in [0.2, 0.25) is 0 Å². The number of carbonyl (C=O) groups is 1. The van der Waals surface area contributed by atoms with E-state index in [4.69, 9.17) is 4.74 Å². The predicted molar refractivity (Wildman–Crippen MR) is 101 cm³/mol. The Bertz CT molecular complexity index is 931. The van der Waals surface area contributed by atoms with Gasteiger partial charge in [0.2, 0.25) is 0 Å². The number of piperazine rings is 1. The van der Waals surface area contributed by atoms with E-state index in [0.29, 0.717) is 26.2 Å². The minimum atomic E-state index is -3.85. The van der Waals surface area contributed by atoms with Crippen molar-refractivity contribution in [1.82, 2.24) is 14.5 Å². The van der Waals surface area contributed by atoms with Gasteiger partial charge in [-0.3, -0.25) is 5.10 Å². The van der Waals surface area contributed by atoms with Crippen molar-refractivity contribution in [3.63, 3.8) is 0 Å². The molecule has 2 heterocycles. The number of nitrogens with zero attached hydrogens (tertiary/aromatic N) is 3. The predicted octanol–water partition coefficient (Wildman–Crippen LogP) is 1.71. The number of aromatic amines is 1. The molecule has 0 aliphatic carbocycles. The monoisotopic (exact) mass is 392 g/mol. The van der Waals surface area contributed by atoms with Gasteiger partial charge in [-0.2, -0.15) is 9.40 Å². The van der Waals surface area contributed by atoms with Gasteiger partial charge in [0.05, 0.1) is 12.8 Å². The van der Waals surface area contributed by atoms with Gasteiger partial charge in [0.25, 0.3) is 10.0 Å². The van der Waals surface area contributed by atoms with E-state index in [2.05, 4.69) is 40.2 Å². The van der Waals surface area contributed by atoms with Crippen molar-refractivity contribution < 1.29 is 17.9 Å². The number of aryl methyl sites for hydroxylation is 2. The molecule has 1 aliphatic rings. The lowest BCUT2D eigenvalue weighted by Gasteiger charge is -2.36. The molecule has 0 atom stereocenters. The standard InChI is InChI=1S/C18H24N4O4S/c1-4-26-18(23)15-12-19-20-17(15)27(24,25)22-9-7-21(8-10-22)16-6-5-13(2)11-14(16)3/h5-6,11-12H,4,7-10H2,1-3H3,(H,19,20). The van der Waals surface area contributed by atoms with Crippen LogP contribution < -0.4 is 4.90 Å². The number of aromatic nitrogens is 2. The molecule has 8 nitrogen and oxygen atoms in total. The molecular formula is C18H24N4O4S. The molecule has 1 aromatic carbocycles. The average Bonchev–Trinajstić information content (AvgIpc) is 3.13. The first kappa shape index (κ1) is 19.4. The van der Waals surface area contributed by atoms with Gasteiger partial charge in [-0.05, 0) is 32.4 Å². The summed E-state index contributed by atoms with van der Waals surface area (Å²) in [4.78, 5) is 14.2. The first-order chi connectivity index (χ1) is 12.8. The number of rotatable bonds is 5. The van der Waals surface area contributed by atoms with Gasteiger partial charge >= 0.3 is 5.97 Å². The Morgan fingerprint density at radius 1 is 1.22 bits per heavy atom. The zero-order chi connectivity index (χ0) is 19.6. The summed E-state index contributed by atoms with van der Waals surface area (Å²) in [5.41, 5.74) is 3.42. The Balaban J connectivity index is 1.76.